The first-order valence-corrected chi connectivity index (χ1v) is 14.8. The van der Waals surface area contributed by atoms with Crippen molar-refractivity contribution in [3.63, 3.8) is 0 Å². The number of nitrogens with one attached hydrogen (secondary N) is 1. The molecule has 1 N–H and O–H groups in total. The molecule has 1 fully saturated rings. The largest absolute Gasteiger partial charge is 0.462 e. The monoisotopic (exact) mass is 548 g/mol. The van der Waals surface area contributed by atoms with Gasteiger partial charge in [0.1, 0.15) is 5.00 Å². The first kappa shape index (κ1) is 27.3. The maximum absolute atomic E-state index is 13.0. The number of rotatable bonds is 8. The van der Waals surface area contributed by atoms with Gasteiger partial charge in [-0.2, -0.15) is 4.31 Å². The van der Waals surface area contributed by atoms with Crippen LogP contribution in [0.15, 0.2) is 29.2 Å². The van der Waals surface area contributed by atoms with Crippen LogP contribution in [0.25, 0.3) is 0 Å². The number of sulfonamides is 1. The van der Waals surface area contributed by atoms with Gasteiger partial charge in [0, 0.05) is 18.0 Å². The summed E-state index contributed by atoms with van der Waals surface area (Å²) in [6.45, 7) is 6.42. The second-order valence-electron chi connectivity index (χ2n) is 9.45. The van der Waals surface area contributed by atoms with Crippen molar-refractivity contribution in [1.82, 2.24) is 4.31 Å². The number of thiophene rings is 1. The summed E-state index contributed by atoms with van der Waals surface area (Å²) in [6, 6.07) is 5.64. The molecule has 2 aromatic rings. The van der Waals surface area contributed by atoms with E-state index >= 15 is 0 Å². The predicted molar refractivity (Wildman–Crippen MR) is 139 cm³/mol. The number of esters is 2. The lowest BCUT2D eigenvalue weighted by atomic mass is 9.88. The average Bonchev–Trinajstić information content (AvgIpc) is 3.52. The third-order valence-corrected chi connectivity index (χ3v) is 9.72. The number of benzene rings is 1. The van der Waals surface area contributed by atoms with Crippen LogP contribution in [0, 0.1) is 5.92 Å². The molecule has 0 saturated carbocycles. The summed E-state index contributed by atoms with van der Waals surface area (Å²) >= 11 is 1.35. The molecule has 1 aromatic carbocycles. The van der Waals surface area contributed by atoms with E-state index < -0.39 is 34.0 Å². The fourth-order valence-corrected chi connectivity index (χ4v) is 7.58. The number of anilines is 1. The fourth-order valence-electron chi connectivity index (χ4n) is 4.61. The SMILES string of the molecule is CCOC(=O)c1c(NC(=O)[C@H](C)OC(=O)c2cccc(S(=O)(=O)N3CCCC3)c2)sc2c1CC[C@H](C)C2. The van der Waals surface area contributed by atoms with Crippen LogP contribution in [0.2, 0.25) is 0 Å². The van der Waals surface area contributed by atoms with Gasteiger partial charge < -0.3 is 14.8 Å². The summed E-state index contributed by atoms with van der Waals surface area (Å²) in [5.74, 6) is -1.40. The molecule has 2 heterocycles. The number of hydrogen-bond acceptors (Lipinski definition) is 8. The number of fused-ring (bicyclic) bond motifs is 1. The summed E-state index contributed by atoms with van der Waals surface area (Å²) < 4.78 is 37.7. The Kier molecular flexibility index (Phi) is 8.35. The number of amides is 1. The number of ether oxygens (including phenoxy) is 2. The molecule has 37 heavy (non-hydrogen) atoms. The lowest BCUT2D eigenvalue weighted by molar-refractivity contribution is -0.123. The highest BCUT2D eigenvalue weighted by Crippen LogP contribution is 2.40. The Hall–Kier alpha value is -2.76. The molecular weight excluding hydrogens is 516 g/mol. The third-order valence-electron chi connectivity index (χ3n) is 6.65. The summed E-state index contributed by atoms with van der Waals surface area (Å²) in [6.07, 6.45) is 2.93. The quantitative estimate of drug-likeness (QED) is 0.495. The molecule has 11 heteroatoms. The van der Waals surface area contributed by atoms with E-state index in [1.165, 1.54) is 46.8 Å². The van der Waals surface area contributed by atoms with Crippen LogP contribution in [-0.4, -0.2) is 56.4 Å². The van der Waals surface area contributed by atoms with E-state index in [-0.39, 0.29) is 17.1 Å². The van der Waals surface area contributed by atoms with E-state index in [1.54, 1.807) is 6.92 Å². The Bertz CT molecular complexity index is 1300. The van der Waals surface area contributed by atoms with Crippen molar-refractivity contribution in [2.75, 3.05) is 25.0 Å². The number of nitrogens with zero attached hydrogens (tertiary/aromatic N) is 1. The van der Waals surface area contributed by atoms with Crippen molar-refractivity contribution in [2.45, 2.75) is 63.9 Å². The minimum atomic E-state index is -3.70. The third kappa shape index (κ3) is 5.89. The highest BCUT2D eigenvalue weighted by atomic mass is 32.2. The van der Waals surface area contributed by atoms with Crippen LogP contribution < -0.4 is 5.32 Å². The zero-order chi connectivity index (χ0) is 26.7. The lowest BCUT2D eigenvalue weighted by Gasteiger charge is -2.18. The van der Waals surface area contributed by atoms with Gasteiger partial charge in [0.15, 0.2) is 6.10 Å². The fraction of sp³-hybridized carbons (Fsp3) is 0.500. The first-order chi connectivity index (χ1) is 17.6. The van der Waals surface area contributed by atoms with Gasteiger partial charge in [-0.3, -0.25) is 4.79 Å². The van der Waals surface area contributed by atoms with Crippen LogP contribution in [-0.2, 0) is 37.1 Å². The Morgan fingerprint density at radius 2 is 1.92 bits per heavy atom. The lowest BCUT2D eigenvalue weighted by Crippen LogP contribution is -2.30. The summed E-state index contributed by atoms with van der Waals surface area (Å²) in [5, 5.41) is 3.14. The molecule has 0 spiro atoms. The van der Waals surface area contributed by atoms with Crippen LogP contribution in [0.3, 0.4) is 0 Å². The van der Waals surface area contributed by atoms with E-state index in [1.807, 2.05) is 0 Å². The molecule has 2 aliphatic rings. The first-order valence-electron chi connectivity index (χ1n) is 12.6. The molecule has 0 radical (unpaired) electrons. The van der Waals surface area contributed by atoms with Gasteiger partial charge >= 0.3 is 11.9 Å². The molecule has 9 nitrogen and oxygen atoms in total. The Labute approximate surface area is 221 Å². The van der Waals surface area contributed by atoms with Crippen molar-refractivity contribution in [2.24, 2.45) is 5.92 Å². The molecule has 200 valence electrons. The molecule has 1 saturated heterocycles. The Morgan fingerprint density at radius 3 is 2.62 bits per heavy atom. The van der Waals surface area contributed by atoms with Crippen LogP contribution in [0.5, 0.6) is 0 Å². The van der Waals surface area contributed by atoms with Crippen LogP contribution >= 0.6 is 11.3 Å². The number of carbonyl (C=O) groups excluding carboxylic acids is 3. The molecule has 2 atom stereocenters. The zero-order valence-electron chi connectivity index (χ0n) is 21.2. The van der Waals surface area contributed by atoms with Gasteiger partial charge in [-0.1, -0.05) is 13.0 Å². The maximum atomic E-state index is 13.0. The average molecular weight is 549 g/mol. The predicted octanol–water partition coefficient (Wildman–Crippen LogP) is 4.02. The standard InChI is InChI=1S/C26H32N2O7S2/c1-4-34-26(31)22-20-11-10-16(2)14-21(20)36-24(22)27-23(29)17(3)35-25(30)18-8-7-9-19(15-18)37(32,33)28-12-5-6-13-28/h7-9,15-17H,4-6,10-14H2,1-3H3,(H,27,29)/t16-,17-/m0/s1. The molecule has 1 aromatic heterocycles. The van der Waals surface area contributed by atoms with Crippen molar-refractivity contribution in [3.8, 4) is 0 Å². The van der Waals surface area contributed by atoms with E-state index in [0.717, 1.165) is 42.5 Å². The second kappa shape index (κ2) is 11.3. The topological polar surface area (TPSA) is 119 Å². The minimum Gasteiger partial charge on any atom is -0.462 e. The van der Waals surface area contributed by atoms with E-state index in [2.05, 4.69) is 12.2 Å². The van der Waals surface area contributed by atoms with Gasteiger partial charge in [0.25, 0.3) is 5.91 Å². The van der Waals surface area contributed by atoms with E-state index in [4.69, 9.17) is 9.47 Å². The van der Waals surface area contributed by atoms with Gasteiger partial charge in [-0.15, -0.1) is 11.3 Å². The smallest absolute Gasteiger partial charge is 0.341 e. The summed E-state index contributed by atoms with van der Waals surface area (Å²) in [4.78, 5) is 39.5. The zero-order valence-corrected chi connectivity index (χ0v) is 22.9. The molecule has 1 amide bonds. The van der Waals surface area contributed by atoms with Gasteiger partial charge in [0.2, 0.25) is 10.0 Å². The molecule has 0 bridgehead atoms. The molecule has 1 aliphatic heterocycles. The van der Waals surface area contributed by atoms with Crippen molar-refractivity contribution < 1.29 is 32.3 Å². The minimum absolute atomic E-state index is 0.0124. The maximum Gasteiger partial charge on any atom is 0.341 e. The number of carbonyl (C=O) groups is 3. The van der Waals surface area contributed by atoms with Crippen molar-refractivity contribution >= 4 is 44.2 Å². The van der Waals surface area contributed by atoms with Crippen molar-refractivity contribution in [1.29, 1.82) is 0 Å². The molecular formula is C26H32N2O7S2. The highest BCUT2D eigenvalue weighted by molar-refractivity contribution is 7.89. The van der Waals surface area contributed by atoms with E-state index in [9.17, 15) is 22.8 Å². The molecule has 1 aliphatic carbocycles. The number of hydrogen-bond donors (Lipinski definition) is 1. The van der Waals surface area contributed by atoms with Crippen LogP contribution in [0.4, 0.5) is 5.00 Å². The molecule has 4 rings (SSSR count). The summed E-state index contributed by atoms with van der Waals surface area (Å²) in [7, 11) is -3.70. The summed E-state index contributed by atoms with van der Waals surface area (Å²) in [5.41, 5.74) is 1.32. The van der Waals surface area contributed by atoms with Crippen molar-refractivity contribution in [3.05, 3.63) is 45.8 Å². The van der Waals surface area contributed by atoms with Gasteiger partial charge in [-0.25, -0.2) is 18.0 Å². The highest BCUT2D eigenvalue weighted by Gasteiger charge is 2.31. The second-order valence-corrected chi connectivity index (χ2v) is 12.5. The van der Waals surface area contributed by atoms with Gasteiger partial charge in [-0.05, 0) is 75.6 Å². The molecule has 0 unspecified atom stereocenters. The Morgan fingerprint density at radius 1 is 1.19 bits per heavy atom. The van der Waals surface area contributed by atoms with E-state index in [0.29, 0.717) is 29.6 Å². The van der Waals surface area contributed by atoms with Crippen LogP contribution in [0.1, 0.15) is 71.2 Å². The Balaban J connectivity index is 1.48. The van der Waals surface area contributed by atoms with Gasteiger partial charge in [0.05, 0.1) is 22.6 Å². The normalized spacial score (nSPS) is 18.6.